The summed E-state index contributed by atoms with van der Waals surface area (Å²) >= 11 is 19.2. The molecule has 0 aliphatic rings. The molecule has 0 atom stereocenters. The van der Waals surface area contributed by atoms with Gasteiger partial charge in [0.15, 0.2) is 16.8 Å². The Morgan fingerprint density at radius 2 is 1.92 bits per heavy atom. The maximum Gasteiger partial charge on any atom is 0.191 e. The fourth-order valence-electron chi connectivity index (χ4n) is 2.11. The average molecular weight is 414 g/mol. The third-order valence-corrected chi connectivity index (χ3v) is 5.71. The number of nitrogens with zero attached hydrogens (tertiary/aromatic N) is 4. The zero-order chi connectivity index (χ0) is 18.0. The Morgan fingerprint density at radius 3 is 2.64 bits per heavy atom. The van der Waals surface area contributed by atoms with Crippen molar-refractivity contribution in [3.8, 4) is 11.5 Å². The highest BCUT2D eigenvalue weighted by Crippen LogP contribution is 2.33. The molecule has 25 heavy (non-hydrogen) atoms. The Balaban J connectivity index is 1.76. The van der Waals surface area contributed by atoms with E-state index in [2.05, 4.69) is 15.2 Å². The Hall–Kier alpha value is -1.60. The quantitative estimate of drug-likeness (QED) is 0.341. The summed E-state index contributed by atoms with van der Waals surface area (Å²) in [6.45, 7) is 0. The molecule has 0 saturated heterocycles. The first-order valence-electron chi connectivity index (χ1n) is 7.09. The molecule has 3 rings (SSSR count). The third-order valence-electron chi connectivity index (χ3n) is 3.40. The molecule has 0 N–H and O–H groups in total. The molecule has 128 valence electrons. The molecule has 0 spiro atoms. The van der Waals surface area contributed by atoms with Gasteiger partial charge in [0.2, 0.25) is 0 Å². The molecule has 0 amide bonds. The average Bonchev–Trinajstić information content (AvgIpc) is 2.99. The van der Waals surface area contributed by atoms with Crippen LogP contribution in [0.4, 0.5) is 0 Å². The number of rotatable bonds is 5. The molecule has 9 heteroatoms. The number of hydrogen-bond acceptors (Lipinski definition) is 5. The van der Waals surface area contributed by atoms with E-state index in [-0.39, 0.29) is 21.6 Å². The van der Waals surface area contributed by atoms with Gasteiger partial charge in [-0.2, -0.15) is 0 Å². The highest BCUT2D eigenvalue weighted by atomic mass is 35.5. The van der Waals surface area contributed by atoms with E-state index in [4.69, 9.17) is 34.8 Å². The van der Waals surface area contributed by atoms with E-state index in [1.165, 1.54) is 11.8 Å². The predicted molar refractivity (Wildman–Crippen MR) is 101 cm³/mol. The molecule has 1 aromatic carbocycles. The van der Waals surface area contributed by atoms with Crippen LogP contribution in [0.25, 0.3) is 11.5 Å². The van der Waals surface area contributed by atoms with Crippen molar-refractivity contribution in [2.24, 2.45) is 7.05 Å². The van der Waals surface area contributed by atoms with Crippen molar-refractivity contribution in [1.82, 2.24) is 19.7 Å². The SMILES string of the molecule is Cn1c(SCC(=O)c2ccc(Cl)c(Cl)c2Cl)nnc1-c1ccccn1. The van der Waals surface area contributed by atoms with Crippen molar-refractivity contribution in [2.75, 3.05) is 5.75 Å². The van der Waals surface area contributed by atoms with Crippen LogP contribution >= 0.6 is 46.6 Å². The van der Waals surface area contributed by atoms with Crippen LogP contribution in [-0.4, -0.2) is 31.3 Å². The second kappa shape index (κ2) is 7.74. The summed E-state index contributed by atoms with van der Waals surface area (Å²) in [6.07, 6.45) is 1.69. The van der Waals surface area contributed by atoms with Crippen LogP contribution in [0.3, 0.4) is 0 Å². The summed E-state index contributed by atoms with van der Waals surface area (Å²) in [5.41, 5.74) is 1.04. The van der Waals surface area contributed by atoms with Gasteiger partial charge in [0, 0.05) is 18.8 Å². The summed E-state index contributed by atoms with van der Waals surface area (Å²) in [5.74, 6) is 0.602. The van der Waals surface area contributed by atoms with Crippen LogP contribution in [-0.2, 0) is 7.05 Å². The van der Waals surface area contributed by atoms with Gasteiger partial charge in [-0.1, -0.05) is 52.6 Å². The minimum Gasteiger partial charge on any atom is -0.304 e. The lowest BCUT2D eigenvalue weighted by Gasteiger charge is -2.06. The first-order chi connectivity index (χ1) is 12.0. The van der Waals surface area contributed by atoms with Crippen LogP contribution in [0.2, 0.25) is 15.1 Å². The monoisotopic (exact) mass is 412 g/mol. The summed E-state index contributed by atoms with van der Waals surface area (Å²) in [5, 5.41) is 9.50. The van der Waals surface area contributed by atoms with E-state index in [1.807, 2.05) is 25.2 Å². The van der Waals surface area contributed by atoms with E-state index in [1.54, 1.807) is 22.9 Å². The van der Waals surface area contributed by atoms with E-state index >= 15 is 0 Å². The molecular weight excluding hydrogens is 403 g/mol. The summed E-state index contributed by atoms with van der Waals surface area (Å²) < 4.78 is 1.79. The van der Waals surface area contributed by atoms with Crippen LogP contribution in [0.15, 0.2) is 41.7 Å². The summed E-state index contributed by atoms with van der Waals surface area (Å²) in [7, 11) is 1.82. The number of halogens is 3. The van der Waals surface area contributed by atoms with Gasteiger partial charge in [-0.15, -0.1) is 10.2 Å². The molecule has 0 bridgehead atoms. The molecule has 0 aliphatic heterocycles. The van der Waals surface area contributed by atoms with Gasteiger partial charge >= 0.3 is 0 Å². The van der Waals surface area contributed by atoms with Crippen LogP contribution in [0, 0.1) is 0 Å². The van der Waals surface area contributed by atoms with Gasteiger partial charge in [0.1, 0.15) is 5.69 Å². The molecule has 2 aromatic heterocycles. The van der Waals surface area contributed by atoms with Gasteiger partial charge in [-0.3, -0.25) is 9.78 Å². The standard InChI is InChI=1S/C16H11Cl3N4OS/c1-23-15(11-4-2-3-7-20-11)21-22-16(23)25-8-12(24)9-5-6-10(17)14(19)13(9)18/h2-7H,8H2,1H3. The van der Waals surface area contributed by atoms with E-state index in [0.29, 0.717) is 27.3 Å². The third kappa shape index (κ3) is 3.82. The van der Waals surface area contributed by atoms with Crippen molar-refractivity contribution in [3.05, 3.63) is 57.2 Å². The number of hydrogen-bond donors (Lipinski definition) is 0. The van der Waals surface area contributed by atoms with E-state index < -0.39 is 0 Å². The van der Waals surface area contributed by atoms with Gasteiger partial charge in [0.05, 0.1) is 20.8 Å². The number of carbonyl (C=O) groups is 1. The van der Waals surface area contributed by atoms with Crippen molar-refractivity contribution in [1.29, 1.82) is 0 Å². The van der Waals surface area contributed by atoms with Crippen molar-refractivity contribution < 1.29 is 4.79 Å². The van der Waals surface area contributed by atoms with E-state index in [0.717, 1.165) is 0 Å². The van der Waals surface area contributed by atoms with Gasteiger partial charge in [0.25, 0.3) is 0 Å². The first kappa shape index (κ1) is 18.2. The molecule has 0 radical (unpaired) electrons. The van der Waals surface area contributed by atoms with Crippen molar-refractivity contribution in [2.45, 2.75) is 5.16 Å². The number of aromatic nitrogens is 4. The summed E-state index contributed by atoms with van der Waals surface area (Å²) in [6, 6.07) is 8.67. The fraction of sp³-hybridized carbons (Fsp3) is 0.125. The lowest BCUT2D eigenvalue weighted by atomic mass is 10.1. The minimum atomic E-state index is -0.170. The minimum absolute atomic E-state index is 0.145. The number of ketones is 1. The Kier molecular flexibility index (Phi) is 5.64. The molecule has 3 aromatic rings. The molecular formula is C16H11Cl3N4OS. The lowest BCUT2D eigenvalue weighted by molar-refractivity contribution is 0.102. The second-order valence-electron chi connectivity index (χ2n) is 5.01. The Bertz CT molecular complexity index is 931. The second-order valence-corrected chi connectivity index (χ2v) is 7.12. The molecule has 2 heterocycles. The van der Waals surface area contributed by atoms with E-state index in [9.17, 15) is 4.79 Å². The Labute approximate surface area is 163 Å². The summed E-state index contributed by atoms with van der Waals surface area (Å²) in [4.78, 5) is 16.7. The lowest BCUT2D eigenvalue weighted by Crippen LogP contribution is -2.05. The van der Waals surface area contributed by atoms with Crippen LogP contribution in [0.1, 0.15) is 10.4 Å². The number of benzene rings is 1. The maximum atomic E-state index is 12.4. The zero-order valence-corrected chi connectivity index (χ0v) is 16.0. The zero-order valence-electron chi connectivity index (χ0n) is 12.9. The predicted octanol–water partition coefficient (Wildman–Crippen LogP) is 4.81. The molecule has 0 fully saturated rings. The number of pyridine rings is 1. The smallest absolute Gasteiger partial charge is 0.191 e. The molecule has 5 nitrogen and oxygen atoms in total. The number of Topliss-reactive ketones (excluding diaryl/α,β-unsaturated/α-hetero) is 1. The topological polar surface area (TPSA) is 60.7 Å². The van der Waals surface area contributed by atoms with Crippen LogP contribution in [0.5, 0.6) is 0 Å². The van der Waals surface area contributed by atoms with Crippen LogP contribution < -0.4 is 0 Å². The normalized spacial score (nSPS) is 10.9. The Morgan fingerprint density at radius 1 is 1.12 bits per heavy atom. The molecule has 0 unspecified atom stereocenters. The highest BCUT2D eigenvalue weighted by Gasteiger charge is 2.18. The van der Waals surface area contributed by atoms with Crippen molar-refractivity contribution >= 4 is 52.3 Å². The number of thioether (sulfide) groups is 1. The highest BCUT2D eigenvalue weighted by molar-refractivity contribution is 7.99. The van der Waals surface area contributed by atoms with Gasteiger partial charge < -0.3 is 4.57 Å². The molecule has 0 saturated carbocycles. The van der Waals surface area contributed by atoms with Gasteiger partial charge in [-0.05, 0) is 24.3 Å². The first-order valence-corrected chi connectivity index (χ1v) is 9.21. The fourth-order valence-corrected chi connectivity index (χ4v) is 3.54. The van der Waals surface area contributed by atoms with Crippen molar-refractivity contribution in [3.63, 3.8) is 0 Å². The largest absolute Gasteiger partial charge is 0.304 e. The maximum absolute atomic E-state index is 12.4. The molecule has 0 aliphatic carbocycles. The van der Waals surface area contributed by atoms with Gasteiger partial charge in [-0.25, -0.2) is 0 Å². The number of carbonyl (C=O) groups excluding carboxylic acids is 1.